The molecule has 0 unspecified atom stereocenters. The molecule has 136 valence electrons. The number of carboxylic acid groups (broad SMARTS) is 1. The van der Waals surface area contributed by atoms with Gasteiger partial charge in [0.05, 0.1) is 0 Å². The van der Waals surface area contributed by atoms with Gasteiger partial charge in [0.1, 0.15) is 4.88 Å². The van der Waals surface area contributed by atoms with Crippen molar-refractivity contribution in [2.75, 3.05) is 6.54 Å². The molecule has 0 saturated carbocycles. The van der Waals surface area contributed by atoms with Gasteiger partial charge in [-0.15, -0.1) is 0 Å². The molecule has 0 bridgehead atoms. The SMILES string of the molecule is Cc1c(C(=O)NCCCCCCCCCCC(=O)O)sc(=O)n1C. The van der Waals surface area contributed by atoms with E-state index in [0.717, 1.165) is 62.7 Å². The van der Waals surface area contributed by atoms with Gasteiger partial charge >= 0.3 is 10.8 Å². The first kappa shape index (κ1) is 20.4. The topological polar surface area (TPSA) is 88.4 Å². The highest BCUT2D eigenvalue weighted by Crippen LogP contribution is 2.11. The first-order chi connectivity index (χ1) is 11.4. The third-order valence-electron chi connectivity index (χ3n) is 4.10. The third kappa shape index (κ3) is 7.29. The number of nitrogens with zero attached hydrogens (tertiary/aromatic N) is 1. The summed E-state index contributed by atoms with van der Waals surface area (Å²) in [5.41, 5.74) is 0.713. The van der Waals surface area contributed by atoms with Crippen LogP contribution in [0.1, 0.15) is 73.2 Å². The standard InChI is InChI=1S/C17H28N2O4S/c1-13-15(24-17(23)19(13)2)16(22)18-12-10-8-6-4-3-5-7-9-11-14(20)21/h3-12H2,1-2H3,(H,18,22)(H,20,21). The fourth-order valence-corrected chi connectivity index (χ4v) is 3.37. The van der Waals surface area contributed by atoms with Crippen molar-refractivity contribution in [3.63, 3.8) is 0 Å². The number of aliphatic carboxylic acids is 1. The van der Waals surface area contributed by atoms with Crippen molar-refractivity contribution < 1.29 is 14.7 Å². The van der Waals surface area contributed by atoms with E-state index in [1.54, 1.807) is 14.0 Å². The molecule has 0 aliphatic carbocycles. The summed E-state index contributed by atoms with van der Waals surface area (Å²) in [6.07, 6.45) is 8.56. The normalized spacial score (nSPS) is 10.8. The third-order valence-corrected chi connectivity index (χ3v) is 5.24. The molecule has 1 heterocycles. The van der Waals surface area contributed by atoms with Crippen LogP contribution in [0.5, 0.6) is 0 Å². The molecule has 0 aliphatic rings. The van der Waals surface area contributed by atoms with Gasteiger partial charge in [-0.3, -0.25) is 14.4 Å². The molecule has 0 saturated heterocycles. The van der Waals surface area contributed by atoms with Crippen molar-refractivity contribution in [3.05, 3.63) is 20.2 Å². The molecule has 0 atom stereocenters. The van der Waals surface area contributed by atoms with E-state index in [9.17, 15) is 14.4 Å². The van der Waals surface area contributed by atoms with Gasteiger partial charge in [-0.2, -0.15) is 0 Å². The minimum absolute atomic E-state index is 0.110. The van der Waals surface area contributed by atoms with Crippen LogP contribution in [0.25, 0.3) is 0 Å². The molecule has 1 aromatic heterocycles. The Balaban J connectivity index is 2.02. The second-order valence-corrected chi connectivity index (χ2v) is 7.03. The van der Waals surface area contributed by atoms with Gasteiger partial charge in [-0.25, -0.2) is 0 Å². The predicted octanol–water partition coefficient (Wildman–Crippen LogP) is 3.08. The largest absolute Gasteiger partial charge is 0.481 e. The molecule has 2 N–H and O–H groups in total. The Morgan fingerprint density at radius 1 is 1.04 bits per heavy atom. The molecular formula is C17H28N2O4S. The maximum Gasteiger partial charge on any atom is 0.307 e. The number of thiazole rings is 1. The van der Waals surface area contributed by atoms with Crippen LogP contribution in [0.2, 0.25) is 0 Å². The van der Waals surface area contributed by atoms with Crippen LogP contribution < -0.4 is 10.2 Å². The minimum Gasteiger partial charge on any atom is -0.481 e. The fraction of sp³-hybridized carbons (Fsp3) is 0.706. The zero-order valence-electron chi connectivity index (χ0n) is 14.6. The van der Waals surface area contributed by atoms with E-state index >= 15 is 0 Å². The highest BCUT2D eigenvalue weighted by atomic mass is 32.1. The minimum atomic E-state index is -0.713. The first-order valence-corrected chi connectivity index (χ1v) is 9.41. The Kier molecular flexibility index (Phi) is 9.37. The molecule has 7 heteroatoms. The summed E-state index contributed by atoms with van der Waals surface area (Å²) in [6, 6.07) is 0. The summed E-state index contributed by atoms with van der Waals surface area (Å²) in [4.78, 5) is 34.3. The van der Waals surface area contributed by atoms with E-state index in [-0.39, 0.29) is 17.2 Å². The van der Waals surface area contributed by atoms with Crippen molar-refractivity contribution in [1.29, 1.82) is 0 Å². The van der Waals surface area contributed by atoms with Crippen molar-refractivity contribution in [2.45, 2.75) is 64.7 Å². The summed E-state index contributed by atoms with van der Waals surface area (Å²) in [5, 5.41) is 11.4. The van der Waals surface area contributed by atoms with Gasteiger partial charge in [0.25, 0.3) is 5.91 Å². The van der Waals surface area contributed by atoms with Crippen molar-refractivity contribution in [2.24, 2.45) is 7.05 Å². The van der Waals surface area contributed by atoms with E-state index in [4.69, 9.17) is 5.11 Å². The van der Waals surface area contributed by atoms with E-state index < -0.39 is 5.97 Å². The van der Waals surface area contributed by atoms with Crippen LogP contribution in [0.15, 0.2) is 4.79 Å². The maximum absolute atomic E-state index is 12.0. The lowest BCUT2D eigenvalue weighted by atomic mass is 10.1. The van der Waals surface area contributed by atoms with Crippen molar-refractivity contribution in [3.8, 4) is 0 Å². The van der Waals surface area contributed by atoms with Crippen LogP contribution >= 0.6 is 11.3 Å². The van der Waals surface area contributed by atoms with E-state index in [1.165, 1.54) is 4.57 Å². The van der Waals surface area contributed by atoms with Crippen molar-refractivity contribution in [1.82, 2.24) is 9.88 Å². The molecule has 0 radical (unpaired) electrons. The number of rotatable bonds is 12. The first-order valence-electron chi connectivity index (χ1n) is 8.60. The molecule has 1 amide bonds. The van der Waals surface area contributed by atoms with E-state index in [1.807, 2.05) is 0 Å². The van der Waals surface area contributed by atoms with Gasteiger partial charge in [-0.05, 0) is 19.8 Å². The number of amides is 1. The second-order valence-electron chi connectivity index (χ2n) is 6.07. The summed E-state index contributed by atoms with van der Waals surface area (Å²) in [5.74, 6) is -0.872. The summed E-state index contributed by atoms with van der Waals surface area (Å²) >= 11 is 0.991. The highest BCUT2D eigenvalue weighted by Gasteiger charge is 2.14. The molecule has 6 nitrogen and oxygen atoms in total. The molecule has 0 aliphatic heterocycles. The van der Waals surface area contributed by atoms with Crippen LogP contribution in [0, 0.1) is 6.92 Å². The lowest BCUT2D eigenvalue weighted by Gasteiger charge is -2.05. The Morgan fingerprint density at radius 3 is 2.08 bits per heavy atom. The average Bonchev–Trinajstić information content (AvgIpc) is 2.79. The van der Waals surface area contributed by atoms with Gasteiger partial charge in [0.15, 0.2) is 0 Å². The molecule has 24 heavy (non-hydrogen) atoms. The maximum atomic E-state index is 12.0. The molecule has 0 spiro atoms. The number of unbranched alkanes of at least 4 members (excludes halogenated alkanes) is 7. The Labute approximate surface area is 146 Å². The van der Waals surface area contributed by atoms with Gasteiger partial charge in [-0.1, -0.05) is 49.9 Å². The monoisotopic (exact) mass is 356 g/mol. The Morgan fingerprint density at radius 2 is 1.58 bits per heavy atom. The number of carbonyl (C=O) groups is 2. The van der Waals surface area contributed by atoms with Gasteiger partial charge in [0, 0.05) is 25.7 Å². The lowest BCUT2D eigenvalue weighted by Crippen LogP contribution is -2.24. The van der Waals surface area contributed by atoms with E-state index in [2.05, 4.69) is 5.32 Å². The fourth-order valence-electron chi connectivity index (χ4n) is 2.47. The number of hydrogen-bond donors (Lipinski definition) is 2. The van der Waals surface area contributed by atoms with Crippen LogP contribution in [-0.4, -0.2) is 28.1 Å². The van der Waals surface area contributed by atoms with Gasteiger partial charge < -0.3 is 15.0 Å². The zero-order chi connectivity index (χ0) is 17.9. The molecule has 0 fully saturated rings. The van der Waals surface area contributed by atoms with E-state index in [0.29, 0.717) is 17.1 Å². The Bertz CT molecular complexity index is 592. The number of aromatic nitrogens is 1. The zero-order valence-corrected chi connectivity index (χ0v) is 15.4. The van der Waals surface area contributed by atoms with Crippen LogP contribution in [0.4, 0.5) is 0 Å². The summed E-state index contributed by atoms with van der Waals surface area (Å²) < 4.78 is 1.50. The van der Waals surface area contributed by atoms with Crippen LogP contribution in [-0.2, 0) is 11.8 Å². The number of nitrogens with one attached hydrogen (secondary N) is 1. The predicted molar refractivity (Wildman–Crippen MR) is 95.8 cm³/mol. The second kappa shape index (κ2) is 11.0. The van der Waals surface area contributed by atoms with Crippen molar-refractivity contribution >= 4 is 23.2 Å². The quantitative estimate of drug-likeness (QED) is 0.563. The number of carbonyl (C=O) groups excluding carboxylic acids is 1. The Hall–Kier alpha value is -1.63. The van der Waals surface area contributed by atoms with Crippen LogP contribution in [0.3, 0.4) is 0 Å². The molecular weight excluding hydrogens is 328 g/mol. The highest BCUT2D eigenvalue weighted by molar-refractivity contribution is 7.11. The average molecular weight is 356 g/mol. The molecule has 0 aromatic carbocycles. The summed E-state index contributed by atoms with van der Waals surface area (Å²) in [6.45, 7) is 2.41. The van der Waals surface area contributed by atoms with Gasteiger partial charge in [0.2, 0.25) is 0 Å². The lowest BCUT2D eigenvalue weighted by molar-refractivity contribution is -0.137. The number of hydrogen-bond acceptors (Lipinski definition) is 4. The molecule has 1 rings (SSSR count). The summed E-state index contributed by atoms with van der Waals surface area (Å²) in [7, 11) is 1.67. The smallest absolute Gasteiger partial charge is 0.307 e. The number of carboxylic acids is 1. The molecule has 1 aromatic rings.